The molecule has 0 amide bonds. The molecule has 0 unspecified atom stereocenters. The average Bonchev–Trinajstić information content (AvgIpc) is 2.87. The summed E-state index contributed by atoms with van der Waals surface area (Å²) in [6, 6.07) is 0.190. The lowest BCUT2D eigenvalue weighted by molar-refractivity contribution is 0.552. The van der Waals surface area contributed by atoms with Gasteiger partial charge in [0.2, 0.25) is 0 Å². The van der Waals surface area contributed by atoms with E-state index < -0.39 is 0 Å². The van der Waals surface area contributed by atoms with Crippen molar-refractivity contribution in [3.8, 4) is 0 Å². The van der Waals surface area contributed by atoms with Gasteiger partial charge in [0.1, 0.15) is 5.82 Å². The van der Waals surface area contributed by atoms with Gasteiger partial charge in [-0.3, -0.25) is 9.13 Å². The highest BCUT2D eigenvalue weighted by atomic mass is 16.1. The van der Waals surface area contributed by atoms with Crippen molar-refractivity contribution >= 4 is 0 Å². The molecule has 2 heterocycles. The molecule has 5 heteroatoms. The smallest absolute Gasteiger partial charge is 0.328 e. The molecule has 0 radical (unpaired) electrons. The fourth-order valence-electron chi connectivity index (χ4n) is 1.87. The molecule has 2 aromatic rings. The van der Waals surface area contributed by atoms with Crippen molar-refractivity contribution in [1.29, 1.82) is 0 Å². The Balaban J connectivity index is 2.28. The van der Waals surface area contributed by atoms with Gasteiger partial charge >= 0.3 is 5.69 Å². The van der Waals surface area contributed by atoms with Crippen molar-refractivity contribution < 1.29 is 0 Å². The van der Waals surface area contributed by atoms with Crippen LogP contribution in [0.3, 0.4) is 0 Å². The Hall–Kier alpha value is -1.78. The number of rotatable bonds is 4. The van der Waals surface area contributed by atoms with E-state index in [0.717, 1.165) is 12.4 Å². The van der Waals surface area contributed by atoms with Gasteiger partial charge in [0.05, 0.1) is 6.54 Å². The molecule has 2 rings (SSSR count). The van der Waals surface area contributed by atoms with E-state index in [4.69, 9.17) is 0 Å². The molecule has 17 heavy (non-hydrogen) atoms. The van der Waals surface area contributed by atoms with Crippen molar-refractivity contribution in [3.05, 3.63) is 41.1 Å². The fraction of sp³-hybridized carbons (Fsp3) is 0.500. The van der Waals surface area contributed by atoms with Gasteiger partial charge in [-0.05, 0) is 20.8 Å². The quantitative estimate of drug-likeness (QED) is 0.804. The standard InChI is InChI=1S/C12H18N4O/c1-4-14-6-5-13-11(14)9-15-7-8-16(10(2)3)12(15)17/h5-8,10H,4,9H2,1-3H3. The average molecular weight is 234 g/mol. The molecule has 2 aromatic heterocycles. The van der Waals surface area contributed by atoms with E-state index in [1.165, 1.54) is 0 Å². The maximum atomic E-state index is 12.0. The van der Waals surface area contributed by atoms with E-state index >= 15 is 0 Å². The molecule has 0 bridgehead atoms. The first-order valence-electron chi connectivity index (χ1n) is 5.90. The second-order valence-electron chi connectivity index (χ2n) is 4.34. The summed E-state index contributed by atoms with van der Waals surface area (Å²) in [5, 5.41) is 0. The second-order valence-corrected chi connectivity index (χ2v) is 4.34. The normalized spacial score (nSPS) is 11.3. The van der Waals surface area contributed by atoms with Crippen LogP contribution < -0.4 is 5.69 Å². The van der Waals surface area contributed by atoms with Crippen molar-refractivity contribution in [1.82, 2.24) is 18.7 Å². The lowest BCUT2D eigenvalue weighted by atomic mass is 10.4. The molecule has 5 nitrogen and oxygen atoms in total. The van der Waals surface area contributed by atoms with Gasteiger partial charge in [-0.2, -0.15) is 0 Å². The van der Waals surface area contributed by atoms with Gasteiger partial charge in [0, 0.05) is 37.4 Å². The molecule has 0 aliphatic heterocycles. The third kappa shape index (κ3) is 2.18. The summed E-state index contributed by atoms with van der Waals surface area (Å²) >= 11 is 0. The van der Waals surface area contributed by atoms with Crippen LogP contribution >= 0.6 is 0 Å². The van der Waals surface area contributed by atoms with Gasteiger partial charge in [-0.25, -0.2) is 9.78 Å². The highest BCUT2D eigenvalue weighted by Gasteiger charge is 2.08. The van der Waals surface area contributed by atoms with E-state index in [2.05, 4.69) is 11.9 Å². The zero-order chi connectivity index (χ0) is 12.4. The fourth-order valence-corrected chi connectivity index (χ4v) is 1.87. The van der Waals surface area contributed by atoms with Crippen LogP contribution in [0.15, 0.2) is 29.6 Å². The molecule has 0 saturated carbocycles. The third-order valence-electron chi connectivity index (χ3n) is 2.88. The summed E-state index contributed by atoms with van der Waals surface area (Å²) in [7, 11) is 0. The maximum Gasteiger partial charge on any atom is 0.328 e. The Morgan fingerprint density at radius 3 is 2.59 bits per heavy atom. The molecular weight excluding hydrogens is 216 g/mol. The van der Waals surface area contributed by atoms with Crippen LogP contribution in [0.1, 0.15) is 32.6 Å². The lowest BCUT2D eigenvalue weighted by Gasteiger charge is -2.06. The Kier molecular flexibility index (Phi) is 3.17. The summed E-state index contributed by atoms with van der Waals surface area (Å²) in [6.45, 7) is 7.46. The SMILES string of the molecule is CCn1ccnc1Cn1ccn(C(C)C)c1=O. The molecule has 92 valence electrons. The zero-order valence-corrected chi connectivity index (χ0v) is 10.5. The molecule has 0 saturated heterocycles. The van der Waals surface area contributed by atoms with E-state index in [1.807, 2.05) is 37.0 Å². The Bertz CT molecular complexity index is 547. The molecule has 0 aromatic carbocycles. The van der Waals surface area contributed by atoms with E-state index in [-0.39, 0.29) is 11.7 Å². The third-order valence-corrected chi connectivity index (χ3v) is 2.88. The largest absolute Gasteiger partial charge is 0.334 e. The Morgan fingerprint density at radius 1 is 1.24 bits per heavy atom. The summed E-state index contributed by atoms with van der Waals surface area (Å²) in [5.41, 5.74) is 0.0191. The van der Waals surface area contributed by atoms with E-state index in [9.17, 15) is 4.79 Å². The number of aryl methyl sites for hydroxylation is 1. The maximum absolute atomic E-state index is 12.0. The molecule has 0 atom stereocenters. The topological polar surface area (TPSA) is 44.8 Å². The predicted octanol–water partition coefficient (Wildman–Crippen LogP) is 1.50. The minimum absolute atomic E-state index is 0.0191. The first kappa shape index (κ1) is 11.7. The molecular formula is C12H18N4O. The van der Waals surface area contributed by atoms with Crippen LogP contribution in [0.25, 0.3) is 0 Å². The molecule has 0 spiro atoms. The van der Waals surface area contributed by atoms with Crippen LogP contribution in [0, 0.1) is 0 Å². The second kappa shape index (κ2) is 4.61. The van der Waals surface area contributed by atoms with Crippen molar-refractivity contribution in [2.24, 2.45) is 0 Å². The summed E-state index contributed by atoms with van der Waals surface area (Å²) < 4.78 is 5.45. The minimum atomic E-state index is 0.0191. The Morgan fingerprint density at radius 2 is 2.00 bits per heavy atom. The van der Waals surface area contributed by atoms with Gasteiger partial charge in [0.15, 0.2) is 0 Å². The summed E-state index contributed by atoms with van der Waals surface area (Å²) in [5.74, 6) is 0.913. The number of hydrogen-bond acceptors (Lipinski definition) is 2. The summed E-state index contributed by atoms with van der Waals surface area (Å²) in [6.07, 6.45) is 7.34. The Labute approximate surface area is 100 Å². The number of aromatic nitrogens is 4. The van der Waals surface area contributed by atoms with Gasteiger partial charge in [-0.15, -0.1) is 0 Å². The van der Waals surface area contributed by atoms with Crippen LogP contribution in [-0.4, -0.2) is 18.7 Å². The number of nitrogens with zero attached hydrogens (tertiary/aromatic N) is 4. The van der Waals surface area contributed by atoms with E-state index in [1.54, 1.807) is 15.3 Å². The number of hydrogen-bond donors (Lipinski definition) is 0. The first-order chi connectivity index (χ1) is 8.13. The van der Waals surface area contributed by atoms with Crippen LogP contribution in [-0.2, 0) is 13.1 Å². The predicted molar refractivity (Wildman–Crippen MR) is 66.1 cm³/mol. The zero-order valence-electron chi connectivity index (χ0n) is 10.5. The van der Waals surface area contributed by atoms with Crippen molar-refractivity contribution in [2.45, 2.75) is 39.9 Å². The van der Waals surface area contributed by atoms with Crippen molar-refractivity contribution in [2.75, 3.05) is 0 Å². The molecule has 0 N–H and O–H groups in total. The molecule has 0 aliphatic carbocycles. The lowest BCUT2D eigenvalue weighted by Crippen LogP contribution is -2.26. The highest BCUT2D eigenvalue weighted by molar-refractivity contribution is 4.95. The minimum Gasteiger partial charge on any atom is -0.334 e. The van der Waals surface area contributed by atoms with Gasteiger partial charge in [-0.1, -0.05) is 0 Å². The van der Waals surface area contributed by atoms with Crippen LogP contribution in [0.4, 0.5) is 0 Å². The molecule has 0 aliphatic rings. The highest BCUT2D eigenvalue weighted by Crippen LogP contribution is 2.02. The van der Waals surface area contributed by atoms with Gasteiger partial charge < -0.3 is 4.57 Å². The first-order valence-corrected chi connectivity index (χ1v) is 5.90. The van der Waals surface area contributed by atoms with Gasteiger partial charge in [0.25, 0.3) is 0 Å². The number of imidazole rings is 2. The molecule has 0 fully saturated rings. The van der Waals surface area contributed by atoms with E-state index in [0.29, 0.717) is 6.54 Å². The van der Waals surface area contributed by atoms with Crippen molar-refractivity contribution in [3.63, 3.8) is 0 Å². The van der Waals surface area contributed by atoms with Crippen LogP contribution in [0.5, 0.6) is 0 Å². The monoisotopic (exact) mass is 234 g/mol. The summed E-state index contributed by atoms with van der Waals surface area (Å²) in [4.78, 5) is 16.3. The van der Waals surface area contributed by atoms with Crippen LogP contribution in [0.2, 0.25) is 0 Å².